The highest BCUT2D eigenvalue weighted by molar-refractivity contribution is 6.29. The van der Waals surface area contributed by atoms with E-state index in [-0.39, 0.29) is 12.1 Å². The first-order valence-electron chi connectivity index (χ1n) is 7.58. The van der Waals surface area contributed by atoms with Crippen LogP contribution in [0.25, 0.3) is 0 Å². The summed E-state index contributed by atoms with van der Waals surface area (Å²) in [5.41, 5.74) is -0.502. The summed E-state index contributed by atoms with van der Waals surface area (Å²) < 4.78 is 5.33. The van der Waals surface area contributed by atoms with Crippen molar-refractivity contribution in [2.45, 2.75) is 64.1 Å². The van der Waals surface area contributed by atoms with E-state index in [1.165, 1.54) is 0 Å². The van der Waals surface area contributed by atoms with Crippen LogP contribution in [0.2, 0.25) is 5.15 Å². The third-order valence-corrected chi connectivity index (χ3v) is 3.61. The number of carbonyl (C=O) groups is 1. The molecule has 1 aromatic rings. The van der Waals surface area contributed by atoms with Gasteiger partial charge in [-0.25, -0.2) is 14.8 Å². The SMILES string of the molecule is CC(C)(C)OC(=O)N[C@H]1CCCC[C@@H]1Nc1nccc(Cl)n1. The molecule has 6 nitrogen and oxygen atoms in total. The number of rotatable bonds is 3. The highest BCUT2D eigenvalue weighted by Gasteiger charge is 2.28. The van der Waals surface area contributed by atoms with Gasteiger partial charge in [-0.05, 0) is 39.7 Å². The lowest BCUT2D eigenvalue weighted by atomic mass is 9.90. The van der Waals surface area contributed by atoms with Crippen LogP contribution < -0.4 is 10.6 Å². The van der Waals surface area contributed by atoms with E-state index < -0.39 is 11.7 Å². The Kier molecular flexibility index (Phi) is 5.45. The third-order valence-electron chi connectivity index (χ3n) is 3.40. The number of hydrogen-bond acceptors (Lipinski definition) is 5. The number of nitrogens with zero attached hydrogens (tertiary/aromatic N) is 2. The van der Waals surface area contributed by atoms with Gasteiger partial charge in [-0.3, -0.25) is 0 Å². The monoisotopic (exact) mass is 326 g/mol. The first-order chi connectivity index (χ1) is 10.3. The molecule has 1 heterocycles. The summed E-state index contributed by atoms with van der Waals surface area (Å²) in [5, 5.41) is 6.60. The van der Waals surface area contributed by atoms with E-state index in [0.29, 0.717) is 11.1 Å². The molecule has 2 N–H and O–H groups in total. The Labute approximate surface area is 136 Å². The molecule has 0 spiro atoms. The van der Waals surface area contributed by atoms with Crippen molar-refractivity contribution in [3.8, 4) is 0 Å². The molecule has 1 fully saturated rings. The quantitative estimate of drug-likeness (QED) is 0.833. The van der Waals surface area contributed by atoms with E-state index in [9.17, 15) is 4.79 Å². The zero-order chi connectivity index (χ0) is 16.2. The molecule has 1 aliphatic rings. The number of anilines is 1. The smallest absolute Gasteiger partial charge is 0.407 e. The predicted molar refractivity (Wildman–Crippen MR) is 86.1 cm³/mol. The predicted octanol–water partition coefficient (Wildman–Crippen LogP) is 3.38. The topological polar surface area (TPSA) is 76.1 Å². The lowest BCUT2D eigenvalue weighted by Gasteiger charge is -2.33. The number of aromatic nitrogens is 2. The zero-order valence-corrected chi connectivity index (χ0v) is 14.0. The fourth-order valence-corrected chi connectivity index (χ4v) is 2.64. The van der Waals surface area contributed by atoms with Crippen LogP contribution in [0.1, 0.15) is 46.5 Å². The van der Waals surface area contributed by atoms with Crippen LogP contribution in [0.5, 0.6) is 0 Å². The van der Waals surface area contributed by atoms with Crippen LogP contribution in [-0.4, -0.2) is 33.7 Å². The Morgan fingerprint density at radius 1 is 1.32 bits per heavy atom. The van der Waals surface area contributed by atoms with Crippen LogP contribution in [0, 0.1) is 0 Å². The summed E-state index contributed by atoms with van der Waals surface area (Å²) in [6.07, 6.45) is 5.24. The average molecular weight is 327 g/mol. The molecule has 0 aromatic carbocycles. The van der Waals surface area contributed by atoms with Gasteiger partial charge in [0.25, 0.3) is 0 Å². The van der Waals surface area contributed by atoms with Crippen LogP contribution >= 0.6 is 11.6 Å². The molecule has 7 heteroatoms. The minimum Gasteiger partial charge on any atom is -0.444 e. The number of carbonyl (C=O) groups excluding carboxylic acids is 1. The first-order valence-corrected chi connectivity index (χ1v) is 7.96. The molecule has 0 aliphatic heterocycles. The molecular formula is C15H23ClN4O2. The van der Waals surface area contributed by atoms with Crippen molar-refractivity contribution in [2.75, 3.05) is 5.32 Å². The third kappa shape index (κ3) is 5.33. The summed E-state index contributed by atoms with van der Waals surface area (Å²) in [5.74, 6) is 0.482. The van der Waals surface area contributed by atoms with Crippen molar-refractivity contribution in [3.63, 3.8) is 0 Å². The molecule has 1 saturated carbocycles. The van der Waals surface area contributed by atoms with Gasteiger partial charge in [0.2, 0.25) is 5.95 Å². The summed E-state index contributed by atoms with van der Waals surface area (Å²) >= 11 is 5.88. The molecule has 1 aromatic heterocycles. The van der Waals surface area contributed by atoms with Crippen molar-refractivity contribution < 1.29 is 9.53 Å². The Morgan fingerprint density at radius 2 is 2.00 bits per heavy atom. The summed E-state index contributed by atoms with van der Waals surface area (Å²) in [6, 6.07) is 1.69. The van der Waals surface area contributed by atoms with E-state index in [2.05, 4.69) is 20.6 Å². The number of amides is 1. The summed E-state index contributed by atoms with van der Waals surface area (Å²) in [6.45, 7) is 5.55. The number of halogens is 1. The number of hydrogen-bond donors (Lipinski definition) is 2. The van der Waals surface area contributed by atoms with Gasteiger partial charge in [0.1, 0.15) is 10.8 Å². The Hall–Kier alpha value is -1.56. The molecule has 0 saturated heterocycles. The fourth-order valence-electron chi connectivity index (χ4n) is 2.51. The Bertz CT molecular complexity index is 519. The van der Waals surface area contributed by atoms with Gasteiger partial charge >= 0.3 is 6.09 Å². The second-order valence-electron chi connectivity index (χ2n) is 6.49. The van der Waals surface area contributed by atoms with E-state index in [0.717, 1.165) is 25.7 Å². The van der Waals surface area contributed by atoms with Gasteiger partial charge in [0.15, 0.2) is 0 Å². The van der Waals surface area contributed by atoms with Gasteiger partial charge < -0.3 is 15.4 Å². The zero-order valence-electron chi connectivity index (χ0n) is 13.2. The molecule has 0 unspecified atom stereocenters. The molecule has 122 valence electrons. The summed E-state index contributed by atoms with van der Waals surface area (Å²) in [7, 11) is 0. The Balaban J connectivity index is 1.97. The molecule has 22 heavy (non-hydrogen) atoms. The van der Waals surface area contributed by atoms with Crippen LogP contribution in [-0.2, 0) is 4.74 Å². The number of alkyl carbamates (subject to hydrolysis) is 1. The molecular weight excluding hydrogens is 304 g/mol. The number of ether oxygens (including phenoxy) is 1. The van der Waals surface area contributed by atoms with Crippen molar-refractivity contribution in [2.24, 2.45) is 0 Å². The molecule has 0 radical (unpaired) electrons. The molecule has 0 bridgehead atoms. The highest BCUT2D eigenvalue weighted by atomic mass is 35.5. The lowest BCUT2D eigenvalue weighted by molar-refractivity contribution is 0.0488. The van der Waals surface area contributed by atoms with Crippen LogP contribution in [0.3, 0.4) is 0 Å². The number of nitrogens with one attached hydrogen (secondary N) is 2. The highest BCUT2D eigenvalue weighted by Crippen LogP contribution is 2.22. The van der Waals surface area contributed by atoms with Gasteiger partial charge in [-0.2, -0.15) is 0 Å². The largest absolute Gasteiger partial charge is 0.444 e. The van der Waals surface area contributed by atoms with E-state index >= 15 is 0 Å². The van der Waals surface area contributed by atoms with E-state index in [4.69, 9.17) is 16.3 Å². The molecule has 1 amide bonds. The second kappa shape index (κ2) is 7.13. The maximum Gasteiger partial charge on any atom is 0.407 e. The van der Waals surface area contributed by atoms with E-state index in [1.54, 1.807) is 12.3 Å². The van der Waals surface area contributed by atoms with Gasteiger partial charge in [0, 0.05) is 12.2 Å². The first kappa shape index (κ1) is 16.8. The van der Waals surface area contributed by atoms with Crippen molar-refractivity contribution >= 4 is 23.6 Å². The fraction of sp³-hybridized carbons (Fsp3) is 0.667. The maximum absolute atomic E-state index is 12.0. The summed E-state index contributed by atoms with van der Waals surface area (Å²) in [4.78, 5) is 20.3. The Morgan fingerprint density at radius 3 is 2.64 bits per heavy atom. The second-order valence-corrected chi connectivity index (χ2v) is 6.88. The van der Waals surface area contributed by atoms with Gasteiger partial charge in [-0.1, -0.05) is 24.4 Å². The maximum atomic E-state index is 12.0. The van der Waals surface area contributed by atoms with Crippen LogP contribution in [0.15, 0.2) is 12.3 Å². The molecule has 2 atom stereocenters. The minimum absolute atomic E-state index is 0.00817. The van der Waals surface area contributed by atoms with Crippen molar-refractivity contribution in [1.29, 1.82) is 0 Å². The minimum atomic E-state index is -0.502. The van der Waals surface area contributed by atoms with Gasteiger partial charge in [0.05, 0.1) is 6.04 Å². The normalized spacial score (nSPS) is 22.0. The van der Waals surface area contributed by atoms with Crippen molar-refractivity contribution in [1.82, 2.24) is 15.3 Å². The lowest BCUT2D eigenvalue weighted by Crippen LogP contribution is -2.50. The van der Waals surface area contributed by atoms with Crippen molar-refractivity contribution in [3.05, 3.63) is 17.4 Å². The van der Waals surface area contributed by atoms with Gasteiger partial charge in [-0.15, -0.1) is 0 Å². The van der Waals surface area contributed by atoms with E-state index in [1.807, 2.05) is 20.8 Å². The average Bonchev–Trinajstić information content (AvgIpc) is 2.39. The standard InChI is InChI=1S/C15H23ClN4O2/c1-15(2,3)22-14(21)19-11-7-5-4-6-10(11)18-13-17-9-8-12(16)20-13/h8-11H,4-7H2,1-3H3,(H,19,21)(H,17,18,20)/t10-,11-/m0/s1. The molecule has 2 rings (SSSR count). The molecule has 1 aliphatic carbocycles. The van der Waals surface area contributed by atoms with Crippen LogP contribution in [0.4, 0.5) is 10.7 Å².